The van der Waals surface area contributed by atoms with Gasteiger partial charge in [-0.1, -0.05) is 49.7 Å². The van der Waals surface area contributed by atoms with Crippen LogP contribution >= 0.6 is 43.5 Å². The van der Waals surface area contributed by atoms with E-state index >= 15 is 0 Å². The third kappa shape index (κ3) is 5.75. The van der Waals surface area contributed by atoms with Crippen molar-refractivity contribution in [2.45, 2.75) is 26.4 Å². The Morgan fingerprint density at radius 2 is 1.76 bits per heavy atom. The molecule has 33 heavy (non-hydrogen) atoms. The van der Waals surface area contributed by atoms with E-state index < -0.39 is 5.97 Å². The average Bonchev–Trinajstić information content (AvgIpc) is 3.13. The summed E-state index contributed by atoms with van der Waals surface area (Å²) in [6, 6.07) is 19.1. The summed E-state index contributed by atoms with van der Waals surface area (Å²) in [5.41, 5.74) is 3.96. The summed E-state index contributed by atoms with van der Waals surface area (Å²) in [4.78, 5) is 16.8. The van der Waals surface area contributed by atoms with Gasteiger partial charge in [0.1, 0.15) is 12.4 Å². The summed E-state index contributed by atoms with van der Waals surface area (Å²) in [5, 5.41) is 0.662. The van der Waals surface area contributed by atoms with Gasteiger partial charge in [-0.3, -0.25) is 0 Å². The van der Waals surface area contributed by atoms with Crippen molar-refractivity contribution in [1.82, 2.24) is 0 Å². The zero-order chi connectivity index (χ0) is 23.5. The van der Waals surface area contributed by atoms with Crippen LogP contribution in [0.25, 0.3) is 6.08 Å². The topological polar surface area (TPSA) is 47.9 Å². The molecule has 0 spiro atoms. The van der Waals surface area contributed by atoms with Gasteiger partial charge in [0.05, 0.1) is 8.95 Å². The van der Waals surface area contributed by atoms with Crippen LogP contribution in [0.3, 0.4) is 0 Å². The van der Waals surface area contributed by atoms with Gasteiger partial charge in [-0.25, -0.2) is 9.79 Å². The summed E-state index contributed by atoms with van der Waals surface area (Å²) in [5.74, 6) is 0.907. The number of hydrogen-bond donors (Lipinski definition) is 0. The van der Waals surface area contributed by atoms with E-state index in [-0.39, 0.29) is 5.70 Å². The standard InChI is InChI=1S/C26H20Br2ClNO3/c1-15(2)18-6-8-19(9-7-18)25-30-23(26(31)33-25)13-17-11-21(27)24(22(28)12-17)32-14-16-4-3-5-20(29)10-16/h3-13,15H,14H2,1-2H3/b23-13-. The summed E-state index contributed by atoms with van der Waals surface area (Å²) >= 11 is 13.2. The van der Waals surface area contributed by atoms with E-state index in [0.29, 0.717) is 29.2 Å². The number of cyclic esters (lactones) is 1. The number of carbonyl (C=O) groups is 1. The largest absolute Gasteiger partial charge is 0.487 e. The van der Waals surface area contributed by atoms with Gasteiger partial charge in [0.2, 0.25) is 5.90 Å². The molecule has 0 atom stereocenters. The van der Waals surface area contributed by atoms with Crippen molar-refractivity contribution in [1.29, 1.82) is 0 Å². The molecule has 0 saturated heterocycles. The van der Waals surface area contributed by atoms with Gasteiger partial charge in [0, 0.05) is 10.6 Å². The molecule has 0 aliphatic carbocycles. The summed E-state index contributed by atoms with van der Waals surface area (Å²) in [6.45, 7) is 4.63. The van der Waals surface area contributed by atoms with Crippen molar-refractivity contribution in [2.24, 2.45) is 4.99 Å². The zero-order valence-corrected chi connectivity index (χ0v) is 21.9. The Bertz CT molecular complexity index is 1240. The molecule has 0 amide bonds. The Hall–Kier alpha value is -2.41. The SMILES string of the molecule is CC(C)c1ccc(C2=N/C(=C\c3cc(Br)c(OCc4cccc(Cl)c4)c(Br)c3)C(=O)O2)cc1. The first-order valence-electron chi connectivity index (χ1n) is 10.3. The first-order chi connectivity index (χ1) is 15.8. The number of ether oxygens (including phenoxy) is 2. The number of halogens is 3. The van der Waals surface area contributed by atoms with Gasteiger partial charge in [-0.2, -0.15) is 0 Å². The van der Waals surface area contributed by atoms with Gasteiger partial charge in [-0.05, 0) is 96.9 Å². The Labute approximate surface area is 214 Å². The van der Waals surface area contributed by atoms with Gasteiger partial charge in [0.25, 0.3) is 0 Å². The maximum atomic E-state index is 12.4. The molecule has 4 rings (SSSR count). The fourth-order valence-corrected chi connectivity index (χ4v) is 4.95. The van der Waals surface area contributed by atoms with Gasteiger partial charge in [-0.15, -0.1) is 0 Å². The normalized spacial score (nSPS) is 14.5. The van der Waals surface area contributed by atoms with E-state index in [2.05, 4.69) is 50.7 Å². The molecule has 0 fully saturated rings. The van der Waals surface area contributed by atoms with Gasteiger partial charge < -0.3 is 9.47 Å². The fourth-order valence-electron chi connectivity index (χ4n) is 3.28. The summed E-state index contributed by atoms with van der Waals surface area (Å²) < 4.78 is 12.8. The predicted octanol–water partition coefficient (Wildman–Crippen LogP) is 7.91. The number of esters is 1. The van der Waals surface area contributed by atoms with E-state index in [0.717, 1.165) is 25.6 Å². The maximum absolute atomic E-state index is 12.4. The highest BCUT2D eigenvalue weighted by Gasteiger charge is 2.24. The van der Waals surface area contributed by atoms with Crippen LogP contribution in [-0.4, -0.2) is 11.9 Å². The number of hydrogen-bond acceptors (Lipinski definition) is 4. The van der Waals surface area contributed by atoms with Crippen molar-refractivity contribution >= 4 is 61.4 Å². The average molecular weight is 590 g/mol. The molecule has 1 aliphatic heterocycles. The second-order valence-electron chi connectivity index (χ2n) is 7.85. The van der Waals surface area contributed by atoms with Gasteiger partial charge in [0.15, 0.2) is 5.70 Å². The minimum atomic E-state index is -0.480. The smallest absolute Gasteiger partial charge is 0.363 e. The summed E-state index contributed by atoms with van der Waals surface area (Å²) in [7, 11) is 0. The predicted molar refractivity (Wildman–Crippen MR) is 139 cm³/mol. The molecule has 0 aromatic heterocycles. The molecule has 0 N–H and O–H groups in total. The third-order valence-electron chi connectivity index (χ3n) is 5.04. The molecule has 168 valence electrons. The van der Waals surface area contributed by atoms with Crippen LogP contribution in [0.2, 0.25) is 5.02 Å². The quantitative estimate of drug-likeness (QED) is 0.217. The maximum Gasteiger partial charge on any atom is 0.363 e. The van der Waals surface area contributed by atoms with Crippen molar-refractivity contribution in [3.63, 3.8) is 0 Å². The lowest BCUT2D eigenvalue weighted by molar-refractivity contribution is -0.129. The Kier molecular flexibility index (Phi) is 7.37. The molecule has 1 heterocycles. The molecule has 3 aromatic rings. The molecule has 1 aliphatic rings. The van der Waals surface area contributed by atoms with Crippen LogP contribution in [0.1, 0.15) is 42.0 Å². The summed E-state index contributed by atoms with van der Waals surface area (Å²) in [6.07, 6.45) is 1.69. The highest BCUT2D eigenvalue weighted by Crippen LogP contribution is 2.36. The Morgan fingerprint density at radius 1 is 1.06 bits per heavy atom. The van der Waals surface area contributed by atoms with E-state index in [1.54, 1.807) is 6.08 Å². The lowest BCUT2D eigenvalue weighted by atomic mass is 10.0. The number of carbonyl (C=O) groups excluding carboxylic acids is 1. The molecule has 0 radical (unpaired) electrons. The lowest BCUT2D eigenvalue weighted by Gasteiger charge is -2.11. The number of nitrogens with zero attached hydrogens (tertiary/aromatic N) is 1. The van der Waals surface area contributed by atoms with E-state index in [4.69, 9.17) is 21.1 Å². The monoisotopic (exact) mass is 587 g/mol. The second kappa shape index (κ2) is 10.2. The number of benzene rings is 3. The van der Waals surface area contributed by atoms with E-state index in [1.165, 1.54) is 5.56 Å². The van der Waals surface area contributed by atoms with Crippen LogP contribution in [-0.2, 0) is 16.1 Å². The number of rotatable bonds is 6. The Morgan fingerprint density at radius 3 is 2.39 bits per heavy atom. The van der Waals surface area contributed by atoms with Crippen molar-refractivity contribution < 1.29 is 14.3 Å². The molecular formula is C26H20Br2ClNO3. The molecular weight excluding hydrogens is 570 g/mol. The lowest BCUT2D eigenvalue weighted by Crippen LogP contribution is -2.05. The van der Waals surface area contributed by atoms with Crippen molar-refractivity contribution in [2.75, 3.05) is 0 Å². The minimum absolute atomic E-state index is 0.240. The minimum Gasteiger partial charge on any atom is -0.487 e. The van der Waals surface area contributed by atoms with E-state index in [1.807, 2.05) is 60.7 Å². The van der Waals surface area contributed by atoms with Crippen LogP contribution < -0.4 is 4.74 Å². The fraction of sp³-hybridized carbons (Fsp3) is 0.154. The zero-order valence-electron chi connectivity index (χ0n) is 17.9. The second-order valence-corrected chi connectivity index (χ2v) is 9.99. The number of aliphatic imine (C=N–C) groups is 1. The highest BCUT2D eigenvalue weighted by molar-refractivity contribution is 9.11. The molecule has 0 unspecified atom stereocenters. The van der Waals surface area contributed by atoms with Crippen LogP contribution in [0.4, 0.5) is 0 Å². The van der Waals surface area contributed by atoms with Crippen LogP contribution in [0, 0.1) is 0 Å². The molecule has 0 bridgehead atoms. The molecule has 3 aromatic carbocycles. The van der Waals surface area contributed by atoms with Crippen LogP contribution in [0.15, 0.2) is 80.3 Å². The van der Waals surface area contributed by atoms with Crippen LogP contribution in [0.5, 0.6) is 5.75 Å². The van der Waals surface area contributed by atoms with Gasteiger partial charge >= 0.3 is 5.97 Å². The van der Waals surface area contributed by atoms with E-state index in [9.17, 15) is 4.79 Å². The first-order valence-corrected chi connectivity index (χ1v) is 12.3. The highest BCUT2D eigenvalue weighted by atomic mass is 79.9. The Balaban J connectivity index is 1.54. The molecule has 7 heteroatoms. The third-order valence-corrected chi connectivity index (χ3v) is 6.45. The molecule has 0 saturated carbocycles. The van der Waals surface area contributed by atoms with Crippen molar-refractivity contribution in [3.8, 4) is 5.75 Å². The molecule has 4 nitrogen and oxygen atoms in total. The first kappa shape index (κ1) is 23.7. The van der Waals surface area contributed by atoms with Crippen molar-refractivity contribution in [3.05, 3.63) is 103 Å².